The van der Waals surface area contributed by atoms with Gasteiger partial charge >= 0.3 is 5.69 Å². The van der Waals surface area contributed by atoms with E-state index in [1.165, 1.54) is 11.6 Å². The molecule has 1 atom stereocenters. The van der Waals surface area contributed by atoms with Crippen molar-refractivity contribution in [3.05, 3.63) is 32.7 Å². The van der Waals surface area contributed by atoms with Crippen molar-refractivity contribution in [2.75, 3.05) is 6.61 Å². The van der Waals surface area contributed by atoms with Crippen LogP contribution in [0.3, 0.4) is 0 Å². The molecule has 0 aliphatic heterocycles. The van der Waals surface area contributed by atoms with E-state index in [0.717, 1.165) is 10.3 Å². The molecule has 3 aromatic heterocycles. The summed E-state index contributed by atoms with van der Waals surface area (Å²) in [6.07, 6.45) is 0.794. The number of imidazole rings is 2. The van der Waals surface area contributed by atoms with E-state index in [-0.39, 0.29) is 18.8 Å². The zero-order valence-corrected chi connectivity index (χ0v) is 12.5. The lowest BCUT2D eigenvalue weighted by molar-refractivity contribution is 0.0816. The first-order chi connectivity index (χ1) is 10.4. The number of fused-ring (bicyclic) bond motifs is 3. The fourth-order valence-corrected chi connectivity index (χ4v) is 2.62. The number of aliphatic hydroxyl groups is 2. The second-order valence-electron chi connectivity index (χ2n) is 5.38. The molecule has 0 unspecified atom stereocenters. The molecule has 0 saturated heterocycles. The van der Waals surface area contributed by atoms with Crippen LogP contribution in [0, 0.1) is 6.92 Å². The number of aromatic nitrogens is 5. The Morgan fingerprint density at radius 2 is 1.95 bits per heavy atom. The lowest BCUT2D eigenvalue weighted by Crippen LogP contribution is -2.37. The highest BCUT2D eigenvalue weighted by Crippen LogP contribution is 2.16. The van der Waals surface area contributed by atoms with Crippen LogP contribution in [0.1, 0.15) is 5.69 Å². The van der Waals surface area contributed by atoms with Crippen molar-refractivity contribution in [3.8, 4) is 0 Å². The Balaban J connectivity index is 2.42. The summed E-state index contributed by atoms with van der Waals surface area (Å²) in [5.41, 5.74) is 0.505. The maximum Gasteiger partial charge on any atom is 0.332 e. The number of nitrogens with zero attached hydrogens (tertiary/aromatic N) is 5. The van der Waals surface area contributed by atoms with Crippen LogP contribution < -0.4 is 11.2 Å². The average Bonchev–Trinajstić information content (AvgIpc) is 2.99. The molecule has 0 radical (unpaired) electrons. The van der Waals surface area contributed by atoms with Gasteiger partial charge in [-0.2, -0.15) is 4.98 Å². The largest absolute Gasteiger partial charge is 0.394 e. The quantitative estimate of drug-likeness (QED) is 0.603. The van der Waals surface area contributed by atoms with Crippen molar-refractivity contribution in [2.45, 2.75) is 19.6 Å². The van der Waals surface area contributed by atoms with Crippen LogP contribution in [0.4, 0.5) is 0 Å². The maximum absolute atomic E-state index is 12.4. The number of aliphatic hydroxyl groups excluding tert-OH is 2. The van der Waals surface area contributed by atoms with Crippen molar-refractivity contribution in [2.24, 2.45) is 14.1 Å². The minimum absolute atomic E-state index is 0.149. The second kappa shape index (κ2) is 4.82. The molecule has 9 heteroatoms. The Bertz CT molecular complexity index is 990. The van der Waals surface area contributed by atoms with E-state index in [0.29, 0.717) is 11.3 Å². The fourth-order valence-electron chi connectivity index (χ4n) is 2.62. The first-order valence-corrected chi connectivity index (χ1v) is 6.79. The van der Waals surface area contributed by atoms with Gasteiger partial charge < -0.3 is 14.8 Å². The standard InChI is InChI=1S/C13H17N5O4/c1-7-4-18-9-10(15(2)13(22)16(3)11(9)21)14-12(18)17(7)5-8(20)6-19/h4,8,19-20H,5-6H2,1-3H3/t8-/m1/s1. The lowest BCUT2D eigenvalue weighted by atomic mass is 10.3. The molecule has 0 aliphatic rings. The molecule has 0 aromatic carbocycles. The van der Waals surface area contributed by atoms with Crippen LogP contribution in [0.2, 0.25) is 0 Å². The maximum atomic E-state index is 12.4. The number of aryl methyl sites for hydroxylation is 2. The van der Waals surface area contributed by atoms with E-state index in [4.69, 9.17) is 5.11 Å². The Morgan fingerprint density at radius 1 is 1.27 bits per heavy atom. The molecule has 0 bridgehead atoms. The summed E-state index contributed by atoms with van der Waals surface area (Å²) < 4.78 is 5.65. The van der Waals surface area contributed by atoms with Crippen LogP contribution >= 0.6 is 0 Å². The monoisotopic (exact) mass is 307 g/mol. The van der Waals surface area contributed by atoms with E-state index in [9.17, 15) is 14.7 Å². The highest BCUT2D eigenvalue weighted by molar-refractivity contribution is 5.75. The van der Waals surface area contributed by atoms with Crippen LogP contribution in [0.15, 0.2) is 15.8 Å². The average molecular weight is 307 g/mol. The van der Waals surface area contributed by atoms with E-state index in [1.807, 2.05) is 6.92 Å². The summed E-state index contributed by atoms with van der Waals surface area (Å²) in [4.78, 5) is 28.7. The smallest absolute Gasteiger partial charge is 0.332 e. The van der Waals surface area contributed by atoms with Gasteiger partial charge in [0.2, 0.25) is 5.78 Å². The molecular weight excluding hydrogens is 290 g/mol. The summed E-state index contributed by atoms with van der Waals surface area (Å²) in [5, 5.41) is 18.7. The van der Waals surface area contributed by atoms with Gasteiger partial charge in [0.15, 0.2) is 11.2 Å². The Labute approximate surface area is 124 Å². The SMILES string of the molecule is Cc1cn2c3c(=O)n(C)c(=O)n(C)c3nc2n1C[C@@H](O)CO. The normalized spacial score (nSPS) is 13.3. The van der Waals surface area contributed by atoms with Gasteiger partial charge in [-0.05, 0) is 6.92 Å². The summed E-state index contributed by atoms with van der Waals surface area (Å²) >= 11 is 0. The third-order valence-electron chi connectivity index (χ3n) is 3.86. The van der Waals surface area contributed by atoms with E-state index < -0.39 is 17.4 Å². The number of hydrogen-bond donors (Lipinski definition) is 2. The summed E-state index contributed by atoms with van der Waals surface area (Å²) in [7, 11) is 2.97. The molecule has 0 aliphatic carbocycles. The molecular formula is C13H17N5O4. The van der Waals surface area contributed by atoms with E-state index >= 15 is 0 Å². The molecule has 9 nitrogen and oxygen atoms in total. The van der Waals surface area contributed by atoms with Crippen molar-refractivity contribution in [1.29, 1.82) is 0 Å². The Morgan fingerprint density at radius 3 is 2.59 bits per heavy atom. The first-order valence-electron chi connectivity index (χ1n) is 6.79. The fraction of sp³-hybridized carbons (Fsp3) is 0.462. The number of rotatable bonds is 3. The highest BCUT2D eigenvalue weighted by atomic mass is 16.3. The van der Waals surface area contributed by atoms with Gasteiger partial charge in [0.25, 0.3) is 5.56 Å². The molecule has 0 amide bonds. The van der Waals surface area contributed by atoms with Crippen LogP contribution in [0.5, 0.6) is 0 Å². The Kier molecular flexibility index (Phi) is 3.18. The van der Waals surface area contributed by atoms with Crippen molar-refractivity contribution in [1.82, 2.24) is 23.1 Å². The van der Waals surface area contributed by atoms with E-state index in [1.54, 1.807) is 22.2 Å². The summed E-state index contributed by atoms with van der Waals surface area (Å²) in [6.45, 7) is 1.59. The van der Waals surface area contributed by atoms with Gasteiger partial charge in [0, 0.05) is 26.0 Å². The number of hydrogen-bond acceptors (Lipinski definition) is 5. The van der Waals surface area contributed by atoms with Crippen molar-refractivity contribution in [3.63, 3.8) is 0 Å². The summed E-state index contributed by atoms with van der Waals surface area (Å²) in [6, 6.07) is 0. The minimum Gasteiger partial charge on any atom is -0.394 e. The lowest BCUT2D eigenvalue weighted by Gasteiger charge is -2.09. The van der Waals surface area contributed by atoms with Crippen LogP contribution in [-0.2, 0) is 20.6 Å². The highest BCUT2D eigenvalue weighted by Gasteiger charge is 2.19. The molecule has 22 heavy (non-hydrogen) atoms. The van der Waals surface area contributed by atoms with Crippen LogP contribution in [-0.4, -0.2) is 46.0 Å². The van der Waals surface area contributed by atoms with Gasteiger partial charge in [-0.1, -0.05) is 0 Å². The first kappa shape index (κ1) is 14.5. The third kappa shape index (κ3) is 1.82. The van der Waals surface area contributed by atoms with Crippen LogP contribution in [0.25, 0.3) is 16.9 Å². The molecule has 3 aromatic rings. The zero-order chi connectivity index (χ0) is 16.2. The predicted molar refractivity (Wildman–Crippen MR) is 79.0 cm³/mol. The molecule has 0 spiro atoms. The second-order valence-corrected chi connectivity index (χ2v) is 5.38. The topological polar surface area (TPSA) is 107 Å². The minimum atomic E-state index is -0.929. The molecule has 2 N–H and O–H groups in total. The molecule has 3 heterocycles. The van der Waals surface area contributed by atoms with Crippen molar-refractivity contribution >= 4 is 16.9 Å². The summed E-state index contributed by atoms with van der Waals surface area (Å²) in [5.74, 6) is 0.443. The van der Waals surface area contributed by atoms with E-state index in [2.05, 4.69) is 4.98 Å². The van der Waals surface area contributed by atoms with Gasteiger partial charge in [-0.3, -0.25) is 18.3 Å². The predicted octanol–water partition coefficient (Wildman–Crippen LogP) is -1.65. The zero-order valence-electron chi connectivity index (χ0n) is 12.5. The van der Waals surface area contributed by atoms with Gasteiger partial charge in [0.05, 0.1) is 19.3 Å². The molecule has 3 rings (SSSR count). The van der Waals surface area contributed by atoms with Gasteiger partial charge in [0.1, 0.15) is 0 Å². The van der Waals surface area contributed by atoms with Crippen molar-refractivity contribution < 1.29 is 10.2 Å². The van der Waals surface area contributed by atoms with Gasteiger partial charge in [-0.25, -0.2) is 4.79 Å². The molecule has 0 fully saturated rings. The Hall–Kier alpha value is -2.39. The third-order valence-corrected chi connectivity index (χ3v) is 3.86. The molecule has 0 saturated carbocycles. The molecule has 118 valence electrons. The van der Waals surface area contributed by atoms with Gasteiger partial charge in [-0.15, -0.1) is 0 Å².